The fraction of sp³-hybridized carbons (Fsp3) is 0.412. The molecule has 0 atom stereocenters. The van der Waals surface area contributed by atoms with Crippen molar-refractivity contribution in [2.75, 3.05) is 25.1 Å². The first-order valence-corrected chi connectivity index (χ1v) is 8.61. The van der Waals surface area contributed by atoms with Crippen LogP contribution in [-0.2, 0) is 17.2 Å². The number of halogens is 2. The maximum atomic E-state index is 13.7. The Morgan fingerprint density at radius 2 is 2.17 bits per heavy atom. The van der Waals surface area contributed by atoms with Crippen molar-refractivity contribution >= 4 is 21.6 Å². The van der Waals surface area contributed by atoms with Crippen molar-refractivity contribution in [2.24, 2.45) is 7.05 Å². The van der Waals surface area contributed by atoms with E-state index in [4.69, 9.17) is 4.74 Å². The molecule has 7 heteroatoms. The number of aromatic nitrogens is 2. The van der Waals surface area contributed by atoms with Crippen molar-refractivity contribution in [1.29, 1.82) is 0 Å². The van der Waals surface area contributed by atoms with Gasteiger partial charge >= 0.3 is 0 Å². The average molecular weight is 396 g/mol. The lowest BCUT2D eigenvalue weighted by Gasteiger charge is -2.38. The standard InChI is InChI=1S/C17H19BrFN3O2/c1-22-16(23)15(18)14(10-21-22)20-11-17(5-7-24-8-6-17)12-3-2-4-13(19)9-12/h2-4,9-10,20H,5-8,11H2,1H3. The maximum absolute atomic E-state index is 13.7. The van der Waals surface area contributed by atoms with Crippen molar-refractivity contribution in [2.45, 2.75) is 18.3 Å². The Bertz CT molecular complexity index is 788. The van der Waals surface area contributed by atoms with Crippen LogP contribution in [0.5, 0.6) is 0 Å². The summed E-state index contributed by atoms with van der Waals surface area (Å²) in [6, 6.07) is 6.72. The molecule has 2 heterocycles. The first-order chi connectivity index (χ1) is 11.5. The topological polar surface area (TPSA) is 56.1 Å². The molecule has 24 heavy (non-hydrogen) atoms. The van der Waals surface area contributed by atoms with Gasteiger partial charge in [0.25, 0.3) is 5.56 Å². The van der Waals surface area contributed by atoms with Crippen LogP contribution in [0.25, 0.3) is 0 Å². The number of ether oxygens (including phenoxy) is 1. The normalized spacial score (nSPS) is 16.8. The zero-order valence-corrected chi connectivity index (χ0v) is 15.0. The van der Waals surface area contributed by atoms with Crippen molar-refractivity contribution in [3.05, 3.63) is 56.7 Å². The second-order valence-corrected chi connectivity index (χ2v) is 6.85. The number of benzene rings is 1. The minimum Gasteiger partial charge on any atom is -0.382 e. The van der Waals surface area contributed by atoms with Crippen LogP contribution in [0.1, 0.15) is 18.4 Å². The van der Waals surface area contributed by atoms with Crippen LogP contribution in [0.4, 0.5) is 10.1 Å². The molecule has 1 fully saturated rings. The molecule has 128 valence electrons. The number of aryl methyl sites for hydroxylation is 1. The lowest BCUT2D eigenvalue weighted by atomic mass is 9.74. The molecule has 1 aromatic carbocycles. The van der Waals surface area contributed by atoms with Gasteiger partial charge in [0.1, 0.15) is 10.3 Å². The molecule has 1 aliphatic heterocycles. The van der Waals surface area contributed by atoms with Crippen LogP contribution in [0.2, 0.25) is 0 Å². The highest BCUT2D eigenvalue weighted by molar-refractivity contribution is 9.10. The van der Waals surface area contributed by atoms with Crippen LogP contribution in [0, 0.1) is 5.82 Å². The Morgan fingerprint density at radius 3 is 2.88 bits per heavy atom. The van der Waals surface area contributed by atoms with Crippen molar-refractivity contribution in [3.8, 4) is 0 Å². The van der Waals surface area contributed by atoms with Gasteiger partial charge in [-0.3, -0.25) is 4.79 Å². The maximum Gasteiger partial charge on any atom is 0.282 e. The minimum absolute atomic E-state index is 0.202. The van der Waals surface area contributed by atoms with Gasteiger partial charge in [0.05, 0.1) is 11.9 Å². The van der Waals surface area contributed by atoms with Gasteiger partial charge in [0, 0.05) is 32.2 Å². The van der Waals surface area contributed by atoms with E-state index in [1.807, 2.05) is 6.07 Å². The van der Waals surface area contributed by atoms with Gasteiger partial charge in [-0.05, 0) is 46.5 Å². The summed E-state index contributed by atoms with van der Waals surface area (Å²) in [5, 5.41) is 7.35. The smallest absolute Gasteiger partial charge is 0.282 e. The van der Waals surface area contributed by atoms with Gasteiger partial charge in [0.2, 0.25) is 0 Å². The van der Waals surface area contributed by atoms with E-state index in [1.165, 1.54) is 10.7 Å². The Hall–Kier alpha value is -1.73. The fourth-order valence-electron chi connectivity index (χ4n) is 3.05. The van der Waals surface area contributed by atoms with E-state index in [0.29, 0.717) is 29.9 Å². The van der Waals surface area contributed by atoms with E-state index in [-0.39, 0.29) is 16.8 Å². The summed E-state index contributed by atoms with van der Waals surface area (Å²) >= 11 is 3.32. The second kappa shape index (κ2) is 7.03. The molecular weight excluding hydrogens is 377 g/mol. The van der Waals surface area contributed by atoms with E-state index in [0.717, 1.165) is 18.4 Å². The zero-order chi connectivity index (χ0) is 17.2. The molecule has 0 amide bonds. The largest absolute Gasteiger partial charge is 0.382 e. The lowest BCUT2D eigenvalue weighted by Crippen LogP contribution is -2.40. The zero-order valence-electron chi connectivity index (χ0n) is 13.4. The van der Waals surface area contributed by atoms with E-state index >= 15 is 0 Å². The van der Waals surface area contributed by atoms with Gasteiger partial charge in [-0.25, -0.2) is 9.07 Å². The summed E-state index contributed by atoms with van der Waals surface area (Å²) in [4.78, 5) is 12.0. The third-order valence-electron chi connectivity index (χ3n) is 4.58. The van der Waals surface area contributed by atoms with Crippen LogP contribution >= 0.6 is 15.9 Å². The molecule has 2 aromatic rings. The first kappa shape index (κ1) is 17.1. The Kier molecular flexibility index (Phi) is 5.01. The second-order valence-electron chi connectivity index (χ2n) is 6.06. The van der Waals surface area contributed by atoms with Gasteiger partial charge in [-0.1, -0.05) is 12.1 Å². The summed E-state index contributed by atoms with van der Waals surface area (Å²) in [5.74, 6) is -0.241. The number of nitrogens with one attached hydrogen (secondary N) is 1. The van der Waals surface area contributed by atoms with Crippen LogP contribution < -0.4 is 10.9 Å². The molecule has 1 saturated heterocycles. The molecule has 0 spiro atoms. The van der Waals surface area contributed by atoms with E-state index in [1.54, 1.807) is 25.4 Å². The van der Waals surface area contributed by atoms with Gasteiger partial charge in [-0.2, -0.15) is 5.10 Å². The van der Waals surface area contributed by atoms with E-state index in [9.17, 15) is 9.18 Å². The molecule has 5 nitrogen and oxygen atoms in total. The Labute approximate surface area is 148 Å². The fourth-order valence-corrected chi connectivity index (χ4v) is 3.55. The molecule has 1 N–H and O–H groups in total. The monoisotopic (exact) mass is 395 g/mol. The number of anilines is 1. The van der Waals surface area contributed by atoms with E-state index in [2.05, 4.69) is 26.3 Å². The minimum atomic E-state index is -0.241. The van der Waals surface area contributed by atoms with Crippen molar-refractivity contribution in [1.82, 2.24) is 9.78 Å². The predicted octanol–water partition coefficient (Wildman–Crippen LogP) is 2.84. The highest BCUT2D eigenvalue weighted by atomic mass is 79.9. The number of hydrogen-bond donors (Lipinski definition) is 1. The Balaban J connectivity index is 1.88. The predicted molar refractivity (Wildman–Crippen MR) is 93.8 cm³/mol. The van der Waals surface area contributed by atoms with Gasteiger partial charge in [0.15, 0.2) is 0 Å². The van der Waals surface area contributed by atoms with Crippen LogP contribution in [0.15, 0.2) is 39.7 Å². The van der Waals surface area contributed by atoms with Crippen molar-refractivity contribution in [3.63, 3.8) is 0 Å². The first-order valence-electron chi connectivity index (χ1n) is 7.81. The molecule has 0 aliphatic carbocycles. The number of nitrogens with zero attached hydrogens (tertiary/aromatic N) is 2. The molecule has 1 aliphatic rings. The summed E-state index contributed by atoms with van der Waals surface area (Å²) < 4.78 is 20.9. The molecule has 0 bridgehead atoms. The third-order valence-corrected chi connectivity index (χ3v) is 5.35. The molecule has 0 saturated carbocycles. The highest BCUT2D eigenvalue weighted by Gasteiger charge is 2.34. The number of rotatable bonds is 4. The third kappa shape index (κ3) is 3.37. The molecule has 3 rings (SSSR count). The molecular formula is C17H19BrFN3O2. The summed E-state index contributed by atoms with van der Waals surface area (Å²) in [6.07, 6.45) is 3.20. The van der Waals surface area contributed by atoms with Crippen LogP contribution in [0.3, 0.4) is 0 Å². The summed E-state index contributed by atoms with van der Waals surface area (Å²) in [6.45, 7) is 1.84. The van der Waals surface area contributed by atoms with Crippen molar-refractivity contribution < 1.29 is 9.13 Å². The summed E-state index contributed by atoms with van der Waals surface area (Å²) in [5.41, 5.74) is 1.15. The van der Waals surface area contributed by atoms with Crippen LogP contribution in [-0.4, -0.2) is 29.5 Å². The quantitative estimate of drug-likeness (QED) is 0.864. The summed E-state index contributed by atoms with van der Waals surface area (Å²) in [7, 11) is 1.60. The molecule has 0 unspecified atom stereocenters. The molecule has 1 aromatic heterocycles. The SMILES string of the molecule is Cn1ncc(NCC2(c3cccc(F)c3)CCOCC2)c(Br)c1=O. The lowest BCUT2D eigenvalue weighted by molar-refractivity contribution is 0.0543. The molecule has 0 radical (unpaired) electrons. The van der Waals surface area contributed by atoms with Gasteiger partial charge in [-0.15, -0.1) is 0 Å². The highest BCUT2D eigenvalue weighted by Crippen LogP contribution is 2.35. The average Bonchev–Trinajstić information content (AvgIpc) is 2.60. The number of hydrogen-bond acceptors (Lipinski definition) is 4. The Morgan fingerprint density at radius 1 is 1.42 bits per heavy atom. The van der Waals surface area contributed by atoms with E-state index < -0.39 is 0 Å². The van der Waals surface area contributed by atoms with Gasteiger partial charge < -0.3 is 10.1 Å².